The van der Waals surface area contributed by atoms with E-state index < -0.39 is 0 Å². The van der Waals surface area contributed by atoms with Gasteiger partial charge < -0.3 is 19.9 Å². The normalized spacial score (nSPS) is 15.5. The van der Waals surface area contributed by atoms with E-state index in [-0.39, 0.29) is 0 Å². The number of nitrogens with one attached hydrogen (secondary N) is 1. The van der Waals surface area contributed by atoms with Gasteiger partial charge in [0.25, 0.3) is 0 Å². The Morgan fingerprint density at radius 1 is 1.17 bits per heavy atom. The first-order valence-corrected chi connectivity index (χ1v) is 7.90. The number of anilines is 3. The maximum Gasteiger partial charge on any atom is 0.229 e. The van der Waals surface area contributed by atoms with Gasteiger partial charge in [-0.05, 0) is 31.3 Å². The molecule has 122 valence electrons. The molecule has 1 aromatic carbocycles. The number of hydrogen-bond acceptors (Lipinski definition) is 6. The minimum Gasteiger partial charge on any atom is -0.495 e. The second-order valence-electron chi connectivity index (χ2n) is 5.50. The van der Waals surface area contributed by atoms with Crippen LogP contribution in [0.25, 0.3) is 0 Å². The third-order valence-electron chi connectivity index (χ3n) is 3.88. The zero-order chi connectivity index (χ0) is 16.2. The summed E-state index contributed by atoms with van der Waals surface area (Å²) in [7, 11) is 3.76. The van der Waals surface area contributed by atoms with Gasteiger partial charge in [0, 0.05) is 37.4 Å². The summed E-state index contributed by atoms with van der Waals surface area (Å²) in [5.74, 6) is 2.15. The molecule has 0 saturated carbocycles. The standard InChI is InChI=1S/C16H20ClN5O/c1-21-7-9-22(10-8-21)15-5-6-18-16(20-15)19-13-11-12(17)3-4-14(13)23-2/h3-6,11H,7-10H2,1-2H3,(H,18,19,20). The van der Waals surface area contributed by atoms with Crippen LogP contribution in [0.2, 0.25) is 5.02 Å². The van der Waals surface area contributed by atoms with Crippen molar-refractivity contribution in [2.75, 3.05) is 50.6 Å². The van der Waals surface area contributed by atoms with Crippen molar-refractivity contribution in [2.24, 2.45) is 0 Å². The summed E-state index contributed by atoms with van der Waals surface area (Å²) in [6, 6.07) is 7.33. The van der Waals surface area contributed by atoms with E-state index in [1.807, 2.05) is 12.1 Å². The maximum atomic E-state index is 6.06. The molecule has 7 heteroatoms. The van der Waals surface area contributed by atoms with E-state index >= 15 is 0 Å². The summed E-state index contributed by atoms with van der Waals surface area (Å²) in [6.07, 6.45) is 1.76. The summed E-state index contributed by atoms with van der Waals surface area (Å²) in [5.41, 5.74) is 0.746. The molecule has 1 fully saturated rings. The van der Waals surface area contributed by atoms with E-state index in [1.54, 1.807) is 25.4 Å². The van der Waals surface area contributed by atoms with E-state index in [0.717, 1.165) is 37.7 Å². The highest BCUT2D eigenvalue weighted by molar-refractivity contribution is 6.30. The van der Waals surface area contributed by atoms with Crippen LogP contribution in [0.3, 0.4) is 0 Å². The Balaban J connectivity index is 1.79. The number of halogens is 1. The van der Waals surface area contributed by atoms with Crippen LogP contribution >= 0.6 is 11.6 Å². The monoisotopic (exact) mass is 333 g/mol. The van der Waals surface area contributed by atoms with E-state index in [1.165, 1.54) is 0 Å². The fourth-order valence-electron chi connectivity index (χ4n) is 2.52. The van der Waals surface area contributed by atoms with Crippen LogP contribution in [0.5, 0.6) is 5.75 Å². The lowest BCUT2D eigenvalue weighted by Crippen LogP contribution is -2.44. The molecular weight excluding hydrogens is 314 g/mol. The topological polar surface area (TPSA) is 53.5 Å². The molecule has 0 amide bonds. The van der Waals surface area contributed by atoms with Crippen molar-refractivity contribution in [2.45, 2.75) is 0 Å². The Bertz CT molecular complexity index is 673. The van der Waals surface area contributed by atoms with Gasteiger partial charge >= 0.3 is 0 Å². The summed E-state index contributed by atoms with van der Waals surface area (Å²) < 4.78 is 5.34. The second kappa shape index (κ2) is 7.02. The van der Waals surface area contributed by atoms with Gasteiger partial charge in [0.2, 0.25) is 5.95 Å². The van der Waals surface area contributed by atoms with Crippen molar-refractivity contribution in [3.05, 3.63) is 35.5 Å². The molecule has 1 aromatic heterocycles. The molecule has 0 unspecified atom stereocenters. The van der Waals surface area contributed by atoms with E-state index in [0.29, 0.717) is 16.7 Å². The smallest absolute Gasteiger partial charge is 0.229 e. The van der Waals surface area contributed by atoms with Gasteiger partial charge in [0.15, 0.2) is 0 Å². The summed E-state index contributed by atoms with van der Waals surface area (Å²) in [4.78, 5) is 13.5. The number of piperazine rings is 1. The molecule has 3 rings (SSSR count). The molecule has 0 aliphatic carbocycles. The van der Waals surface area contributed by atoms with E-state index in [9.17, 15) is 0 Å². The molecule has 0 bridgehead atoms. The van der Waals surface area contributed by atoms with Crippen molar-refractivity contribution in [3.8, 4) is 5.75 Å². The molecule has 0 radical (unpaired) electrons. The first kappa shape index (κ1) is 15.8. The Morgan fingerprint density at radius 3 is 2.70 bits per heavy atom. The minimum atomic E-state index is 0.530. The summed E-state index contributed by atoms with van der Waals surface area (Å²) in [5, 5.41) is 3.81. The van der Waals surface area contributed by atoms with Gasteiger partial charge in [0.1, 0.15) is 11.6 Å². The molecular formula is C16H20ClN5O. The van der Waals surface area contributed by atoms with Gasteiger partial charge in [-0.15, -0.1) is 0 Å². The number of rotatable bonds is 4. The van der Waals surface area contributed by atoms with Gasteiger partial charge in [-0.25, -0.2) is 4.98 Å². The van der Waals surface area contributed by atoms with Crippen molar-refractivity contribution in [3.63, 3.8) is 0 Å². The van der Waals surface area contributed by atoms with Crippen LogP contribution in [0, 0.1) is 0 Å². The number of benzene rings is 1. The number of ether oxygens (including phenoxy) is 1. The zero-order valence-corrected chi connectivity index (χ0v) is 14.0. The number of likely N-dealkylation sites (N-methyl/N-ethyl adjacent to an activating group) is 1. The molecule has 1 N–H and O–H groups in total. The van der Waals surface area contributed by atoms with Crippen molar-refractivity contribution in [1.29, 1.82) is 0 Å². The maximum absolute atomic E-state index is 6.06. The largest absolute Gasteiger partial charge is 0.495 e. The van der Waals surface area contributed by atoms with E-state index in [2.05, 4.69) is 32.1 Å². The Hall–Kier alpha value is -2.05. The second-order valence-corrected chi connectivity index (χ2v) is 5.93. The molecule has 0 spiro atoms. The molecule has 2 aromatic rings. The first-order chi connectivity index (χ1) is 11.2. The first-order valence-electron chi connectivity index (χ1n) is 7.53. The molecule has 0 atom stereocenters. The third-order valence-corrected chi connectivity index (χ3v) is 4.11. The quantitative estimate of drug-likeness (QED) is 0.928. The van der Waals surface area contributed by atoms with Crippen LogP contribution in [0.15, 0.2) is 30.5 Å². The number of methoxy groups -OCH3 is 1. The highest BCUT2D eigenvalue weighted by Crippen LogP contribution is 2.29. The molecule has 1 aliphatic rings. The molecule has 1 saturated heterocycles. The Labute approximate surface area is 141 Å². The van der Waals surface area contributed by atoms with Crippen molar-refractivity contribution < 1.29 is 4.74 Å². The van der Waals surface area contributed by atoms with Gasteiger partial charge in [0.05, 0.1) is 12.8 Å². The van der Waals surface area contributed by atoms with Gasteiger partial charge in [-0.2, -0.15) is 4.98 Å². The highest BCUT2D eigenvalue weighted by Gasteiger charge is 2.16. The van der Waals surface area contributed by atoms with E-state index in [4.69, 9.17) is 16.3 Å². The third kappa shape index (κ3) is 3.83. The average Bonchev–Trinajstić information content (AvgIpc) is 2.56. The van der Waals surface area contributed by atoms with Crippen LogP contribution < -0.4 is 15.0 Å². The fourth-order valence-corrected chi connectivity index (χ4v) is 2.69. The molecule has 2 heterocycles. The molecule has 6 nitrogen and oxygen atoms in total. The predicted octanol–water partition coefficient (Wildman–Crippen LogP) is 2.63. The van der Waals surface area contributed by atoms with Gasteiger partial charge in [-0.1, -0.05) is 11.6 Å². The number of nitrogens with zero attached hydrogens (tertiary/aromatic N) is 4. The average molecular weight is 334 g/mol. The van der Waals surface area contributed by atoms with Crippen molar-refractivity contribution >= 4 is 29.1 Å². The lowest BCUT2D eigenvalue weighted by atomic mass is 10.3. The lowest BCUT2D eigenvalue weighted by molar-refractivity contribution is 0.312. The van der Waals surface area contributed by atoms with Gasteiger partial charge in [-0.3, -0.25) is 0 Å². The van der Waals surface area contributed by atoms with Crippen LogP contribution in [0.4, 0.5) is 17.5 Å². The predicted molar refractivity (Wildman–Crippen MR) is 93.0 cm³/mol. The number of aromatic nitrogens is 2. The fraction of sp³-hybridized carbons (Fsp3) is 0.375. The number of hydrogen-bond donors (Lipinski definition) is 1. The molecule has 1 aliphatic heterocycles. The SMILES string of the molecule is COc1ccc(Cl)cc1Nc1nccc(N2CCN(C)CC2)n1. The lowest BCUT2D eigenvalue weighted by Gasteiger charge is -2.33. The summed E-state index contributed by atoms with van der Waals surface area (Å²) >= 11 is 6.06. The Morgan fingerprint density at radius 2 is 1.96 bits per heavy atom. The zero-order valence-electron chi connectivity index (χ0n) is 13.3. The summed E-state index contributed by atoms with van der Waals surface area (Å²) in [6.45, 7) is 4.00. The Kier molecular flexibility index (Phi) is 4.83. The van der Waals surface area contributed by atoms with Crippen LogP contribution in [-0.4, -0.2) is 55.2 Å². The minimum absolute atomic E-state index is 0.530. The van der Waals surface area contributed by atoms with Crippen LogP contribution in [-0.2, 0) is 0 Å². The van der Waals surface area contributed by atoms with Crippen molar-refractivity contribution in [1.82, 2.24) is 14.9 Å². The highest BCUT2D eigenvalue weighted by atomic mass is 35.5. The van der Waals surface area contributed by atoms with Crippen LogP contribution in [0.1, 0.15) is 0 Å². The molecule has 23 heavy (non-hydrogen) atoms.